The van der Waals surface area contributed by atoms with E-state index < -0.39 is 0 Å². The Bertz CT molecular complexity index is 354. The van der Waals surface area contributed by atoms with Crippen molar-refractivity contribution in [2.45, 2.75) is 6.42 Å². The summed E-state index contributed by atoms with van der Waals surface area (Å²) < 4.78 is 0. The van der Waals surface area contributed by atoms with E-state index in [0.29, 0.717) is 6.42 Å². The molecule has 0 saturated carbocycles. The fourth-order valence-electron chi connectivity index (χ4n) is 0.993. The molecule has 0 heterocycles. The van der Waals surface area contributed by atoms with Gasteiger partial charge in [-0.3, -0.25) is 0 Å². The van der Waals surface area contributed by atoms with Crippen molar-refractivity contribution in [2.24, 2.45) is 5.73 Å². The normalized spacial score (nSPS) is 8.85. The van der Waals surface area contributed by atoms with E-state index in [-0.39, 0.29) is 5.11 Å². The van der Waals surface area contributed by atoms with Gasteiger partial charge in [-0.25, -0.2) is 0 Å². The van der Waals surface area contributed by atoms with Crippen LogP contribution >= 0.6 is 12.2 Å². The molecule has 1 aromatic carbocycles. The van der Waals surface area contributed by atoms with E-state index in [1.54, 1.807) is 0 Å². The summed E-state index contributed by atoms with van der Waals surface area (Å²) in [5, 5.41) is 11.5. The highest BCUT2D eigenvalue weighted by atomic mass is 32.1. The molecule has 0 amide bonds. The molecular weight excluding hydrogens is 182 g/mol. The summed E-state index contributed by atoms with van der Waals surface area (Å²) in [6, 6.07) is 9.51. The third-order valence-corrected chi connectivity index (χ3v) is 1.58. The van der Waals surface area contributed by atoms with Gasteiger partial charge in [-0.2, -0.15) is 5.26 Å². The maximum absolute atomic E-state index is 8.47. The maximum atomic E-state index is 8.47. The quantitative estimate of drug-likeness (QED) is 0.694. The first-order valence-electron chi connectivity index (χ1n) is 3.74. The Balaban J connectivity index is 2.80. The minimum absolute atomic E-state index is 0.231. The Morgan fingerprint density at radius 1 is 1.62 bits per heavy atom. The first kappa shape index (κ1) is 9.49. The predicted octanol–water partition coefficient (Wildman–Crippen LogP) is 1.41. The van der Waals surface area contributed by atoms with Gasteiger partial charge in [0.2, 0.25) is 0 Å². The lowest BCUT2D eigenvalue weighted by molar-refractivity contribution is 1.26. The number of thiocarbonyl (C=S) groups is 1. The highest BCUT2D eigenvalue weighted by Crippen LogP contribution is 2.10. The van der Waals surface area contributed by atoms with E-state index in [0.717, 1.165) is 11.3 Å². The van der Waals surface area contributed by atoms with Crippen molar-refractivity contribution in [1.82, 2.24) is 0 Å². The van der Waals surface area contributed by atoms with Crippen molar-refractivity contribution in [3.05, 3.63) is 29.8 Å². The monoisotopic (exact) mass is 191 g/mol. The first-order valence-corrected chi connectivity index (χ1v) is 4.15. The maximum Gasteiger partial charge on any atom is 0.168 e. The Labute approximate surface area is 82.2 Å². The second-order valence-corrected chi connectivity index (χ2v) is 2.96. The molecule has 0 spiro atoms. The number of nitrogens with two attached hydrogens (primary N) is 1. The minimum Gasteiger partial charge on any atom is -0.376 e. The third kappa shape index (κ3) is 3.09. The molecule has 66 valence electrons. The van der Waals surface area contributed by atoms with Gasteiger partial charge >= 0.3 is 0 Å². The van der Waals surface area contributed by atoms with Gasteiger partial charge in [0.1, 0.15) is 0 Å². The van der Waals surface area contributed by atoms with E-state index in [9.17, 15) is 0 Å². The largest absolute Gasteiger partial charge is 0.376 e. The van der Waals surface area contributed by atoms with Crippen LogP contribution < -0.4 is 11.1 Å². The predicted molar refractivity (Wildman–Crippen MR) is 56.2 cm³/mol. The van der Waals surface area contributed by atoms with E-state index in [4.69, 9.17) is 11.0 Å². The Hall–Kier alpha value is -1.60. The van der Waals surface area contributed by atoms with Crippen molar-refractivity contribution in [1.29, 1.82) is 5.26 Å². The summed E-state index contributed by atoms with van der Waals surface area (Å²) in [5.41, 5.74) is 7.07. The summed E-state index contributed by atoms with van der Waals surface area (Å²) in [4.78, 5) is 0. The molecular formula is C9H9N3S. The summed E-state index contributed by atoms with van der Waals surface area (Å²) in [6.45, 7) is 0. The minimum atomic E-state index is 0.231. The fraction of sp³-hybridized carbons (Fsp3) is 0.111. The Kier molecular flexibility index (Phi) is 3.23. The first-order chi connectivity index (χ1) is 6.22. The summed E-state index contributed by atoms with van der Waals surface area (Å²) >= 11 is 4.69. The molecule has 0 aliphatic rings. The molecule has 0 aromatic heterocycles. The topological polar surface area (TPSA) is 61.8 Å². The molecule has 0 radical (unpaired) electrons. The van der Waals surface area contributed by atoms with Crippen LogP contribution in [0.5, 0.6) is 0 Å². The van der Waals surface area contributed by atoms with Crippen molar-refractivity contribution in [2.75, 3.05) is 5.32 Å². The number of nitriles is 1. The van der Waals surface area contributed by atoms with Gasteiger partial charge in [0, 0.05) is 5.69 Å². The lowest BCUT2D eigenvalue weighted by Gasteiger charge is -2.03. The van der Waals surface area contributed by atoms with Gasteiger partial charge in [-0.1, -0.05) is 12.1 Å². The SMILES string of the molecule is N#CCc1cccc(NC(N)=S)c1. The second-order valence-electron chi connectivity index (χ2n) is 2.52. The van der Waals surface area contributed by atoms with Crippen LogP contribution in [0.25, 0.3) is 0 Å². The van der Waals surface area contributed by atoms with Crippen LogP contribution in [0.4, 0.5) is 5.69 Å². The van der Waals surface area contributed by atoms with Crippen molar-refractivity contribution in [3.63, 3.8) is 0 Å². The molecule has 3 nitrogen and oxygen atoms in total. The van der Waals surface area contributed by atoms with Crippen LogP contribution in [-0.4, -0.2) is 5.11 Å². The van der Waals surface area contributed by atoms with E-state index >= 15 is 0 Å². The molecule has 13 heavy (non-hydrogen) atoms. The highest BCUT2D eigenvalue weighted by molar-refractivity contribution is 7.80. The van der Waals surface area contributed by atoms with Gasteiger partial charge in [0.05, 0.1) is 12.5 Å². The average molecular weight is 191 g/mol. The number of hydrogen-bond donors (Lipinski definition) is 2. The molecule has 4 heteroatoms. The zero-order chi connectivity index (χ0) is 9.68. The molecule has 3 N–H and O–H groups in total. The van der Waals surface area contributed by atoms with Crippen molar-refractivity contribution in [3.8, 4) is 6.07 Å². The molecule has 0 atom stereocenters. The zero-order valence-electron chi connectivity index (χ0n) is 6.95. The third-order valence-electron chi connectivity index (χ3n) is 1.48. The number of nitrogens with zero attached hydrogens (tertiary/aromatic N) is 1. The van der Waals surface area contributed by atoms with Gasteiger partial charge < -0.3 is 11.1 Å². The molecule has 0 unspecified atom stereocenters. The summed E-state index contributed by atoms with van der Waals surface area (Å²) in [5.74, 6) is 0. The molecule has 0 saturated heterocycles. The second kappa shape index (κ2) is 4.43. The van der Waals surface area contributed by atoms with Crippen LogP contribution in [0, 0.1) is 11.3 Å². The lowest BCUT2D eigenvalue weighted by Crippen LogP contribution is -2.18. The van der Waals surface area contributed by atoms with Gasteiger partial charge in [-0.05, 0) is 29.9 Å². The highest BCUT2D eigenvalue weighted by Gasteiger charge is 1.95. The fourth-order valence-corrected chi connectivity index (χ4v) is 1.11. The van der Waals surface area contributed by atoms with Crippen LogP contribution in [0.15, 0.2) is 24.3 Å². The molecule has 0 bridgehead atoms. The molecule has 0 fully saturated rings. The van der Waals surface area contributed by atoms with E-state index in [2.05, 4.69) is 23.6 Å². The van der Waals surface area contributed by atoms with Crippen LogP contribution in [0.3, 0.4) is 0 Å². The molecule has 1 aromatic rings. The van der Waals surface area contributed by atoms with Gasteiger partial charge in [-0.15, -0.1) is 0 Å². The van der Waals surface area contributed by atoms with E-state index in [1.807, 2.05) is 24.3 Å². The van der Waals surface area contributed by atoms with Crippen LogP contribution in [-0.2, 0) is 6.42 Å². The summed E-state index contributed by atoms with van der Waals surface area (Å²) in [7, 11) is 0. The van der Waals surface area contributed by atoms with E-state index in [1.165, 1.54) is 0 Å². The number of hydrogen-bond acceptors (Lipinski definition) is 2. The lowest BCUT2D eigenvalue weighted by atomic mass is 10.1. The number of anilines is 1. The van der Waals surface area contributed by atoms with Gasteiger partial charge in [0.25, 0.3) is 0 Å². The Morgan fingerprint density at radius 2 is 2.38 bits per heavy atom. The summed E-state index contributed by atoms with van der Waals surface area (Å²) in [6.07, 6.45) is 0.396. The average Bonchev–Trinajstić information content (AvgIpc) is 2.04. The molecule has 0 aliphatic carbocycles. The number of rotatable bonds is 2. The number of benzene rings is 1. The smallest absolute Gasteiger partial charge is 0.168 e. The molecule has 0 aliphatic heterocycles. The standard InChI is InChI=1S/C9H9N3S/c10-5-4-7-2-1-3-8(6-7)12-9(11)13/h1-3,6H,4H2,(H3,11,12,13). The van der Waals surface area contributed by atoms with Gasteiger partial charge in [0.15, 0.2) is 5.11 Å². The zero-order valence-corrected chi connectivity index (χ0v) is 7.77. The number of nitrogens with one attached hydrogen (secondary N) is 1. The van der Waals surface area contributed by atoms with Crippen LogP contribution in [0.1, 0.15) is 5.56 Å². The Morgan fingerprint density at radius 3 is 3.00 bits per heavy atom. The van der Waals surface area contributed by atoms with Crippen LogP contribution in [0.2, 0.25) is 0 Å². The van der Waals surface area contributed by atoms with Crippen molar-refractivity contribution < 1.29 is 0 Å². The van der Waals surface area contributed by atoms with Crippen molar-refractivity contribution >= 4 is 23.0 Å². The molecule has 1 rings (SSSR count).